The minimum atomic E-state index is 0.326. The number of hydrogen-bond acceptors (Lipinski definition) is 1. The summed E-state index contributed by atoms with van der Waals surface area (Å²) in [7, 11) is 0. The molecule has 0 radical (unpaired) electrons. The molecule has 1 N–H and O–H groups in total. The van der Waals surface area contributed by atoms with E-state index in [1.807, 2.05) is 12.1 Å². The molecule has 0 aliphatic rings. The van der Waals surface area contributed by atoms with Gasteiger partial charge in [0.15, 0.2) is 0 Å². The summed E-state index contributed by atoms with van der Waals surface area (Å²) < 4.78 is 0. The Morgan fingerprint density at radius 2 is 1.92 bits per heavy atom. The summed E-state index contributed by atoms with van der Waals surface area (Å²) in [6.07, 6.45) is 4.52. The normalized spacial score (nSPS) is 11.7. The molecule has 1 aromatic carbocycles. The molecule has 1 heteroatoms. The molecule has 1 rings (SSSR count). The van der Waals surface area contributed by atoms with E-state index in [0.29, 0.717) is 5.75 Å². The monoisotopic (exact) mass is 176 g/mol. The van der Waals surface area contributed by atoms with Gasteiger partial charge in [-0.25, -0.2) is 0 Å². The van der Waals surface area contributed by atoms with Crippen molar-refractivity contribution in [1.82, 2.24) is 0 Å². The molecule has 0 bridgehead atoms. The van der Waals surface area contributed by atoms with E-state index in [1.54, 1.807) is 12.1 Å². The Balaban J connectivity index is 2.77. The van der Waals surface area contributed by atoms with E-state index in [-0.39, 0.29) is 0 Å². The van der Waals surface area contributed by atoms with Crippen molar-refractivity contribution in [2.75, 3.05) is 0 Å². The summed E-state index contributed by atoms with van der Waals surface area (Å²) in [4.78, 5) is 0. The lowest BCUT2D eigenvalue weighted by Crippen LogP contribution is -1.78. The van der Waals surface area contributed by atoms with Gasteiger partial charge in [-0.05, 0) is 36.6 Å². The van der Waals surface area contributed by atoms with Crippen LogP contribution in [-0.4, -0.2) is 5.11 Å². The molecule has 0 heterocycles. The molecule has 0 aliphatic carbocycles. The van der Waals surface area contributed by atoms with Gasteiger partial charge in [0.2, 0.25) is 0 Å². The highest BCUT2D eigenvalue weighted by molar-refractivity contribution is 5.63. The molecule has 1 aromatic rings. The van der Waals surface area contributed by atoms with Crippen LogP contribution in [0.5, 0.6) is 5.75 Å². The predicted molar refractivity (Wildman–Crippen MR) is 56.7 cm³/mol. The quantitative estimate of drug-likeness (QED) is 0.746. The first-order valence-corrected chi connectivity index (χ1v) is 4.70. The van der Waals surface area contributed by atoms with Crippen LogP contribution < -0.4 is 0 Å². The molecule has 1 nitrogen and oxygen atoms in total. The molecule has 0 aliphatic heterocycles. The topological polar surface area (TPSA) is 20.2 Å². The average Bonchev–Trinajstić information content (AvgIpc) is 2.15. The largest absolute Gasteiger partial charge is 0.508 e. The van der Waals surface area contributed by atoms with Crippen molar-refractivity contribution < 1.29 is 5.11 Å². The van der Waals surface area contributed by atoms with Crippen molar-refractivity contribution >= 4 is 5.57 Å². The zero-order chi connectivity index (χ0) is 9.68. The second-order valence-electron chi connectivity index (χ2n) is 3.22. The second-order valence-corrected chi connectivity index (χ2v) is 3.22. The van der Waals surface area contributed by atoms with Crippen LogP contribution in [0, 0.1) is 0 Å². The number of allylic oxidation sites excluding steroid dienone is 2. The van der Waals surface area contributed by atoms with Gasteiger partial charge in [-0.2, -0.15) is 0 Å². The van der Waals surface area contributed by atoms with E-state index in [1.165, 1.54) is 17.6 Å². The number of hydrogen-bond donors (Lipinski definition) is 1. The van der Waals surface area contributed by atoms with Gasteiger partial charge in [-0.1, -0.05) is 31.6 Å². The SMILES string of the molecule is CCC/C=C(/C)c1ccc(O)cc1. The molecule has 0 saturated heterocycles. The van der Waals surface area contributed by atoms with Gasteiger partial charge in [-0.15, -0.1) is 0 Å². The van der Waals surface area contributed by atoms with Gasteiger partial charge in [0, 0.05) is 0 Å². The van der Waals surface area contributed by atoms with Crippen LogP contribution in [0.3, 0.4) is 0 Å². The van der Waals surface area contributed by atoms with E-state index >= 15 is 0 Å². The molecule has 0 saturated carbocycles. The Morgan fingerprint density at radius 1 is 1.31 bits per heavy atom. The van der Waals surface area contributed by atoms with Gasteiger partial charge in [0.25, 0.3) is 0 Å². The number of rotatable bonds is 3. The smallest absolute Gasteiger partial charge is 0.115 e. The van der Waals surface area contributed by atoms with Gasteiger partial charge < -0.3 is 5.11 Å². The lowest BCUT2D eigenvalue weighted by molar-refractivity contribution is 0.475. The number of phenols is 1. The lowest BCUT2D eigenvalue weighted by atomic mass is 10.1. The van der Waals surface area contributed by atoms with Crippen LogP contribution in [0.2, 0.25) is 0 Å². The first kappa shape index (κ1) is 9.85. The van der Waals surface area contributed by atoms with Crippen LogP contribution in [0.4, 0.5) is 0 Å². The molecule has 0 amide bonds. The summed E-state index contributed by atoms with van der Waals surface area (Å²) in [5, 5.41) is 9.10. The molecule has 0 unspecified atom stereocenters. The minimum absolute atomic E-state index is 0.326. The maximum Gasteiger partial charge on any atom is 0.115 e. The first-order valence-electron chi connectivity index (χ1n) is 4.70. The van der Waals surface area contributed by atoms with Crippen molar-refractivity contribution in [3.8, 4) is 5.75 Å². The molecule has 0 fully saturated rings. The zero-order valence-corrected chi connectivity index (χ0v) is 8.25. The third kappa shape index (κ3) is 2.94. The number of aromatic hydroxyl groups is 1. The summed E-state index contributed by atoms with van der Waals surface area (Å²) >= 11 is 0. The molecule has 0 spiro atoms. The van der Waals surface area contributed by atoms with E-state index in [4.69, 9.17) is 5.11 Å². The van der Waals surface area contributed by atoms with Crippen LogP contribution in [0.25, 0.3) is 5.57 Å². The highest BCUT2D eigenvalue weighted by atomic mass is 16.3. The maximum absolute atomic E-state index is 9.10. The number of phenolic OH excluding ortho intramolecular Hbond substituents is 1. The minimum Gasteiger partial charge on any atom is -0.508 e. The van der Waals surface area contributed by atoms with E-state index in [0.717, 1.165) is 6.42 Å². The van der Waals surface area contributed by atoms with E-state index < -0.39 is 0 Å². The molecule has 13 heavy (non-hydrogen) atoms. The Hall–Kier alpha value is -1.24. The Morgan fingerprint density at radius 3 is 2.46 bits per heavy atom. The zero-order valence-electron chi connectivity index (χ0n) is 8.25. The Bertz CT molecular complexity index is 282. The fourth-order valence-electron chi connectivity index (χ4n) is 1.20. The molecular weight excluding hydrogens is 160 g/mol. The first-order chi connectivity index (χ1) is 6.24. The lowest BCUT2D eigenvalue weighted by Gasteiger charge is -2.01. The van der Waals surface area contributed by atoms with Crippen LogP contribution in [-0.2, 0) is 0 Å². The van der Waals surface area contributed by atoms with Crippen molar-refractivity contribution in [2.24, 2.45) is 0 Å². The van der Waals surface area contributed by atoms with Gasteiger partial charge in [0.05, 0.1) is 0 Å². The highest BCUT2D eigenvalue weighted by Gasteiger charge is 1.94. The number of benzene rings is 1. The Labute approximate surface area is 79.7 Å². The van der Waals surface area contributed by atoms with Gasteiger partial charge in [-0.3, -0.25) is 0 Å². The molecule has 0 aromatic heterocycles. The van der Waals surface area contributed by atoms with Crippen LogP contribution in [0.1, 0.15) is 32.3 Å². The van der Waals surface area contributed by atoms with Crippen LogP contribution >= 0.6 is 0 Å². The third-order valence-electron chi connectivity index (χ3n) is 2.06. The van der Waals surface area contributed by atoms with E-state index in [2.05, 4.69) is 19.9 Å². The Kier molecular flexibility index (Phi) is 3.56. The van der Waals surface area contributed by atoms with Gasteiger partial charge >= 0.3 is 0 Å². The standard InChI is InChI=1S/C12H16O/c1-3-4-5-10(2)11-6-8-12(13)9-7-11/h5-9,13H,3-4H2,1-2H3/b10-5-. The maximum atomic E-state index is 9.10. The summed E-state index contributed by atoms with van der Waals surface area (Å²) in [5.74, 6) is 0.326. The molecule has 0 atom stereocenters. The summed E-state index contributed by atoms with van der Waals surface area (Å²) in [5.41, 5.74) is 2.47. The average molecular weight is 176 g/mol. The van der Waals surface area contributed by atoms with Crippen LogP contribution in [0.15, 0.2) is 30.3 Å². The van der Waals surface area contributed by atoms with Crippen molar-refractivity contribution in [3.63, 3.8) is 0 Å². The third-order valence-corrected chi connectivity index (χ3v) is 2.06. The second kappa shape index (κ2) is 4.70. The fraction of sp³-hybridized carbons (Fsp3) is 0.333. The molecule has 70 valence electrons. The fourth-order valence-corrected chi connectivity index (χ4v) is 1.20. The van der Waals surface area contributed by atoms with Crippen molar-refractivity contribution in [2.45, 2.75) is 26.7 Å². The van der Waals surface area contributed by atoms with Gasteiger partial charge in [0.1, 0.15) is 5.75 Å². The van der Waals surface area contributed by atoms with E-state index in [9.17, 15) is 0 Å². The van der Waals surface area contributed by atoms with Crippen molar-refractivity contribution in [1.29, 1.82) is 0 Å². The van der Waals surface area contributed by atoms with Crippen molar-refractivity contribution in [3.05, 3.63) is 35.9 Å². The predicted octanol–water partition coefficient (Wildman–Crippen LogP) is 3.60. The summed E-state index contributed by atoms with van der Waals surface area (Å²) in [6, 6.07) is 7.32. The number of unbranched alkanes of at least 4 members (excludes halogenated alkanes) is 1. The summed E-state index contributed by atoms with van der Waals surface area (Å²) in [6.45, 7) is 4.27. The highest BCUT2D eigenvalue weighted by Crippen LogP contribution is 2.17. The molecular formula is C12H16O.